The number of β-amino-alcohol motifs (C(OH)–C–C–N with tert-alkyl or cyclic N) is 1. The van der Waals surface area contributed by atoms with Crippen molar-refractivity contribution in [2.45, 2.75) is 64.0 Å². The first-order valence-corrected chi connectivity index (χ1v) is 11.2. The third kappa shape index (κ3) is 4.41. The summed E-state index contributed by atoms with van der Waals surface area (Å²) in [5.41, 5.74) is 1.30. The van der Waals surface area contributed by atoms with Crippen LogP contribution in [0.25, 0.3) is 0 Å². The molecule has 0 spiro atoms. The predicted molar refractivity (Wildman–Crippen MR) is 94.4 cm³/mol. The first-order valence-electron chi connectivity index (χ1n) is 8.29. The van der Waals surface area contributed by atoms with Crippen LogP contribution in [0.5, 0.6) is 0 Å². The van der Waals surface area contributed by atoms with E-state index in [2.05, 4.69) is 63.0 Å². The molecule has 1 aromatic carbocycles. The van der Waals surface area contributed by atoms with Crippen molar-refractivity contribution in [3.8, 4) is 0 Å². The van der Waals surface area contributed by atoms with Crippen molar-refractivity contribution in [1.29, 1.82) is 0 Å². The number of nitrogens with zero attached hydrogens (tertiary/aromatic N) is 1. The molecule has 1 fully saturated rings. The molecule has 1 aromatic rings. The van der Waals surface area contributed by atoms with Gasteiger partial charge in [0.05, 0.1) is 6.10 Å². The monoisotopic (exact) mass is 321 g/mol. The Morgan fingerprint density at radius 1 is 1.23 bits per heavy atom. The van der Waals surface area contributed by atoms with Crippen molar-refractivity contribution in [3.63, 3.8) is 0 Å². The molecule has 22 heavy (non-hydrogen) atoms. The molecule has 0 aliphatic carbocycles. The van der Waals surface area contributed by atoms with Gasteiger partial charge in [0.15, 0.2) is 8.32 Å². The van der Waals surface area contributed by atoms with E-state index in [0.717, 1.165) is 26.1 Å². The van der Waals surface area contributed by atoms with Crippen molar-refractivity contribution >= 4 is 8.32 Å². The average Bonchev–Trinajstić information content (AvgIpc) is 2.76. The molecule has 0 aromatic heterocycles. The summed E-state index contributed by atoms with van der Waals surface area (Å²) in [4.78, 5) is 2.37. The van der Waals surface area contributed by atoms with E-state index in [-0.39, 0.29) is 11.1 Å². The van der Waals surface area contributed by atoms with Gasteiger partial charge < -0.3 is 9.53 Å². The number of hydrogen-bond donors (Lipinski definition) is 1. The number of benzene rings is 1. The number of hydrogen-bond acceptors (Lipinski definition) is 3. The Hall–Kier alpha value is -0.683. The topological polar surface area (TPSA) is 32.7 Å². The van der Waals surface area contributed by atoms with Crippen LogP contribution in [0.1, 0.15) is 32.8 Å². The van der Waals surface area contributed by atoms with Crippen LogP contribution in [0.2, 0.25) is 18.1 Å². The lowest BCUT2D eigenvalue weighted by molar-refractivity contribution is 0.153. The molecular formula is C18H31NO2Si. The Balaban J connectivity index is 1.97. The van der Waals surface area contributed by atoms with Crippen LogP contribution in [0.3, 0.4) is 0 Å². The molecule has 1 saturated heterocycles. The highest BCUT2D eigenvalue weighted by atomic mass is 28.4. The third-order valence-electron chi connectivity index (χ3n) is 5.18. The van der Waals surface area contributed by atoms with Gasteiger partial charge in [-0.25, -0.2) is 0 Å². The van der Waals surface area contributed by atoms with Gasteiger partial charge in [0.2, 0.25) is 0 Å². The highest BCUT2D eigenvalue weighted by Crippen LogP contribution is 2.37. The Kier molecular flexibility index (Phi) is 5.48. The van der Waals surface area contributed by atoms with Crippen molar-refractivity contribution in [2.24, 2.45) is 0 Å². The van der Waals surface area contributed by atoms with Gasteiger partial charge in [-0.15, -0.1) is 0 Å². The van der Waals surface area contributed by atoms with E-state index in [9.17, 15) is 5.11 Å². The fraction of sp³-hybridized carbons (Fsp3) is 0.667. The Bertz CT molecular complexity index is 470. The molecule has 124 valence electrons. The summed E-state index contributed by atoms with van der Waals surface area (Å²) in [6, 6.07) is 10.8. The van der Waals surface area contributed by atoms with Crippen LogP contribution in [0, 0.1) is 0 Å². The predicted octanol–water partition coefficient (Wildman–Crippen LogP) is 3.64. The second kappa shape index (κ2) is 6.83. The third-order valence-corrected chi connectivity index (χ3v) is 9.68. The van der Waals surface area contributed by atoms with Crippen LogP contribution in [0.15, 0.2) is 30.3 Å². The summed E-state index contributed by atoms with van der Waals surface area (Å²) >= 11 is 0. The minimum Gasteiger partial charge on any atom is -0.415 e. The molecule has 2 atom stereocenters. The number of rotatable bonds is 5. The van der Waals surface area contributed by atoms with Crippen LogP contribution in [-0.4, -0.2) is 43.6 Å². The first-order chi connectivity index (χ1) is 10.2. The SMILES string of the molecule is CC(C)(C)[Si](C)(C)OC[C@@H]1C[C@@H](O)CN1Cc1ccccc1. The van der Waals surface area contributed by atoms with Gasteiger partial charge in [-0.05, 0) is 30.1 Å². The zero-order valence-electron chi connectivity index (χ0n) is 14.7. The van der Waals surface area contributed by atoms with Crippen LogP contribution in [0.4, 0.5) is 0 Å². The molecule has 1 heterocycles. The van der Waals surface area contributed by atoms with E-state index in [4.69, 9.17) is 4.43 Å². The highest BCUT2D eigenvalue weighted by molar-refractivity contribution is 6.74. The zero-order chi connectivity index (χ0) is 16.4. The maximum Gasteiger partial charge on any atom is 0.192 e. The average molecular weight is 322 g/mol. The molecule has 0 saturated carbocycles. The molecule has 0 bridgehead atoms. The van der Waals surface area contributed by atoms with Gasteiger partial charge in [-0.3, -0.25) is 4.90 Å². The van der Waals surface area contributed by atoms with Gasteiger partial charge >= 0.3 is 0 Å². The van der Waals surface area contributed by atoms with Crippen molar-refractivity contribution in [1.82, 2.24) is 4.90 Å². The van der Waals surface area contributed by atoms with E-state index >= 15 is 0 Å². The summed E-state index contributed by atoms with van der Waals surface area (Å²) in [6.07, 6.45) is 0.596. The maximum absolute atomic E-state index is 10.1. The van der Waals surface area contributed by atoms with Crippen LogP contribution < -0.4 is 0 Å². The molecule has 4 heteroatoms. The number of aliphatic hydroxyl groups excluding tert-OH is 1. The van der Waals surface area contributed by atoms with E-state index in [1.54, 1.807) is 0 Å². The summed E-state index contributed by atoms with van der Waals surface area (Å²) in [5, 5.41) is 10.3. The van der Waals surface area contributed by atoms with Crippen LogP contribution >= 0.6 is 0 Å². The van der Waals surface area contributed by atoms with Gasteiger partial charge in [0.25, 0.3) is 0 Å². The second-order valence-corrected chi connectivity index (χ2v) is 12.8. The standard InChI is InChI=1S/C18H31NO2Si/c1-18(2,3)22(4,5)21-14-16-11-17(20)13-19(16)12-15-9-7-6-8-10-15/h6-10,16-17,20H,11-14H2,1-5H3/t16-,17+/m0/s1. The molecule has 0 amide bonds. The van der Waals surface area contributed by atoms with Gasteiger partial charge in [0.1, 0.15) is 0 Å². The first kappa shape index (κ1) is 17.7. The fourth-order valence-electron chi connectivity index (χ4n) is 2.66. The minimum absolute atomic E-state index is 0.225. The molecule has 1 aliphatic heterocycles. The van der Waals surface area contributed by atoms with Crippen molar-refractivity contribution < 1.29 is 9.53 Å². The molecular weight excluding hydrogens is 290 g/mol. The molecule has 2 rings (SSSR count). The Morgan fingerprint density at radius 2 is 1.86 bits per heavy atom. The van der Waals surface area contributed by atoms with Gasteiger partial charge in [-0.1, -0.05) is 51.1 Å². The lowest BCUT2D eigenvalue weighted by Gasteiger charge is -2.38. The maximum atomic E-state index is 10.1. The number of aliphatic hydroxyl groups is 1. The minimum atomic E-state index is -1.72. The van der Waals surface area contributed by atoms with E-state index in [1.165, 1.54) is 5.56 Å². The molecule has 0 unspecified atom stereocenters. The summed E-state index contributed by atoms with van der Waals surface area (Å²) in [6.45, 7) is 13.8. The van der Waals surface area contributed by atoms with Gasteiger partial charge in [0, 0.05) is 25.7 Å². The molecule has 1 N–H and O–H groups in total. The molecule has 1 aliphatic rings. The lowest BCUT2D eigenvalue weighted by atomic mass is 10.2. The number of likely N-dealkylation sites (tertiary alicyclic amines) is 1. The Labute approximate surface area is 136 Å². The zero-order valence-corrected chi connectivity index (χ0v) is 15.7. The summed E-state index contributed by atoms with van der Waals surface area (Å²) in [7, 11) is -1.72. The van der Waals surface area contributed by atoms with Crippen molar-refractivity contribution in [2.75, 3.05) is 13.2 Å². The van der Waals surface area contributed by atoms with E-state index < -0.39 is 8.32 Å². The normalized spacial score (nSPS) is 23.9. The van der Waals surface area contributed by atoms with E-state index in [0.29, 0.717) is 6.04 Å². The van der Waals surface area contributed by atoms with Crippen molar-refractivity contribution in [3.05, 3.63) is 35.9 Å². The summed E-state index contributed by atoms with van der Waals surface area (Å²) < 4.78 is 6.38. The van der Waals surface area contributed by atoms with E-state index in [1.807, 2.05) is 6.07 Å². The highest BCUT2D eigenvalue weighted by Gasteiger charge is 2.39. The molecule has 3 nitrogen and oxygen atoms in total. The lowest BCUT2D eigenvalue weighted by Crippen LogP contribution is -2.44. The fourth-order valence-corrected chi connectivity index (χ4v) is 3.71. The largest absolute Gasteiger partial charge is 0.415 e. The van der Waals surface area contributed by atoms with Crippen LogP contribution in [-0.2, 0) is 11.0 Å². The van der Waals surface area contributed by atoms with Gasteiger partial charge in [-0.2, -0.15) is 0 Å². The second-order valence-electron chi connectivity index (χ2n) is 8.03. The smallest absolute Gasteiger partial charge is 0.192 e. The quantitative estimate of drug-likeness (QED) is 0.840. The molecule has 0 radical (unpaired) electrons. The summed E-state index contributed by atoms with van der Waals surface area (Å²) in [5.74, 6) is 0. The Morgan fingerprint density at radius 3 is 2.45 bits per heavy atom.